The van der Waals surface area contributed by atoms with Crippen molar-refractivity contribution in [2.24, 2.45) is 0 Å². The molecule has 0 saturated carbocycles. The van der Waals surface area contributed by atoms with E-state index < -0.39 is 6.10 Å². The maximum absolute atomic E-state index is 9.82. The van der Waals surface area contributed by atoms with E-state index in [1.807, 2.05) is 13.8 Å². The lowest BCUT2D eigenvalue weighted by atomic mass is 10.1. The van der Waals surface area contributed by atoms with Crippen molar-refractivity contribution >= 4 is 0 Å². The molecule has 0 bridgehead atoms. The molecular formula is C15H21N3O2. The number of hydrogen-bond acceptors (Lipinski definition) is 5. The second-order valence-electron chi connectivity index (χ2n) is 5.44. The molecule has 0 spiro atoms. The first-order valence-corrected chi connectivity index (χ1v) is 7.07. The summed E-state index contributed by atoms with van der Waals surface area (Å²) in [5.74, 6) is 0.344. The predicted molar refractivity (Wildman–Crippen MR) is 75.6 cm³/mol. The van der Waals surface area contributed by atoms with Crippen molar-refractivity contribution in [3.8, 4) is 11.9 Å². The molecule has 0 radical (unpaired) electrons. The van der Waals surface area contributed by atoms with Gasteiger partial charge in [-0.25, -0.2) is 4.98 Å². The van der Waals surface area contributed by atoms with E-state index in [2.05, 4.69) is 16.4 Å². The zero-order valence-electron chi connectivity index (χ0n) is 12.0. The molecule has 5 nitrogen and oxygen atoms in total. The monoisotopic (exact) mass is 275 g/mol. The minimum atomic E-state index is -0.612. The number of rotatable bonds is 6. The quantitative estimate of drug-likeness (QED) is 0.815. The number of aliphatic hydroxyl groups excluding tert-OH is 1. The first-order chi connectivity index (χ1) is 9.61. The highest BCUT2D eigenvalue weighted by atomic mass is 16.5. The number of aryl methyl sites for hydroxylation is 1. The van der Waals surface area contributed by atoms with E-state index in [4.69, 9.17) is 4.74 Å². The molecule has 20 heavy (non-hydrogen) atoms. The highest BCUT2D eigenvalue weighted by molar-refractivity contribution is 5.49. The molecular weight excluding hydrogens is 254 g/mol. The van der Waals surface area contributed by atoms with Gasteiger partial charge in [-0.1, -0.05) is 13.8 Å². The number of ether oxygens (including phenoxy) is 1. The summed E-state index contributed by atoms with van der Waals surface area (Å²) < 4.78 is 5.52. The molecule has 1 aliphatic carbocycles. The second kappa shape index (κ2) is 6.69. The third-order valence-corrected chi connectivity index (χ3v) is 3.40. The summed E-state index contributed by atoms with van der Waals surface area (Å²) in [6, 6.07) is 2.50. The van der Waals surface area contributed by atoms with Gasteiger partial charge in [0.25, 0.3) is 0 Å². The lowest BCUT2D eigenvalue weighted by molar-refractivity contribution is 0.102. The van der Waals surface area contributed by atoms with Gasteiger partial charge < -0.3 is 15.2 Å². The third kappa shape index (κ3) is 3.47. The Morgan fingerprint density at radius 3 is 3.00 bits per heavy atom. The summed E-state index contributed by atoms with van der Waals surface area (Å²) in [5.41, 5.74) is 2.74. The number of pyridine rings is 1. The predicted octanol–water partition coefficient (Wildman–Crippen LogP) is 1.18. The second-order valence-corrected chi connectivity index (χ2v) is 5.44. The molecule has 1 unspecified atom stereocenters. The van der Waals surface area contributed by atoms with Gasteiger partial charge in [-0.15, -0.1) is 0 Å². The zero-order chi connectivity index (χ0) is 14.5. The smallest absolute Gasteiger partial charge is 0.232 e. The fourth-order valence-corrected chi connectivity index (χ4v) is 2.36. The van der Waals surface area contributed by atoms with Crippen molar-refractivity contribution in [3.05, 3.63) is 22.9 Å². The number of nitrogens with zero attached hydrogens (tertiary/aromatic N) is 2. The van der Waals surface area contributed by atoms with Gasteiger partial charge in [0.1, 0.15) is 24.3 Å². The molecule has 1 heterocycles. The van der Waals surface area contributed by atoms with Gasteiger partial charge in [0, 0.05) is 18.8 Å². The van der Waals surface area contributed by atoms with Crippen molar-refractivity contribution in [2.45, 2.75) is 45.3 Å². The fourth-order valence-electron chi connectivity index (χ4n) is 2.36. The largest absolute Gasteiger partial charge is 0.474 e. The Balaban J connectivity index is 1.98. The van der Waals surface area contributed by atoms with E-state index >= 15 is 0 Å². The van der Waals surface area contributed by atoms with E-state index in [1.54, 1.807) is 6.20 Å². The fraction of sp³-hybridized carbons (Fsp3) is 0.600. The Bertz CT molecular complexity index is 509. The summed E-state index contributed by atoms with van der Waals surface area (Å²) in [4.78, 5) is 4.21. The number of aliphatic hydroxyl groups is 1. The van der Waals surface area contributed by atoms with Gasteiger partial charge in [0.05, 0.1) is 0 Å². The first-order valence-electron chi connectivity index (χ1n) is 7.07. The third-order valence-electron chi connectivity index (χ3n) is 3.40. The van der Waals surface area contributed by atoms with Gasteiger partial charge in [0.15, 0.2) is 0 Å². The van der Waals surface area contributed by atoms with Gasteiger partial charge in [-0.2, -0.15) is 5.26 Å². The minimum Gasteiger partial charge on any atom is -0.474 e. The number of hydrogen-bond donors (Lipinski definition) is 2. The maximum atomic E-state index is 9.82. The van der Waals surface area contributed by atoms with Gasteiger partial charge in [0.2, 0.25) is 5.88 Å². The normalized spacial score (nSPS) is 14.9. The standard InChI is InChI=1S/C15H21N3O2/c1-10(2)17-8-12(19)9-20-15-14(6-16)13-5-3-4-11(13)7-18-15/h7,10,12,17,19H,3-5,8-9H2,1-2H3. The molecule has 1 aromatic rings. The highest BCUT2D eigenvalue weighted by Crippen LogP contribution is 2.29. The molecule has 5 heteroatoms. The van der Waals surface area contributed by atoms with E-state index in [0.29, 0.717) is 24.0 Å². The molecule has 1 atom stereocenters. The van der Waals surface area contributed by atoms with E-state index in [9.17, 15) is 10.4 Å². The van der Waals surface area contributed by atoms with Crippen molar-refractivity contribution < 1.29 is 9.84 Å². The van der Waals surface area contributed by atoms with Gasteiger partial charge in [-0.3, -0.25) is 0 Å². The van der Waals surface area contributed by atoms with E-state index in [0.717, 1.165) is 30.4 Å². The van der Waals surface area contributed by atoms with Crippen LogP contribution in [0.5, 0.6) is 5.88 Å². The Morgan fingerprint density at radius 2 is 2.30 bits per heavy atom. The highest BCUT2D eigenvalue weighted by Gasteiger charge is 2.20. The van der Waals surface area contributed by atoms with Gasteiger partial charge in [-0.05, 0) is 30.4 Å². The van der Waals surface area contributed by atoms with Crippen LogP contribution in [0.3, 0.4) is 0 Å². The lowest BCUT2D eigenvalue weighted by Gasteiger charge is -2.15. The van der Waals surface area contributed by atoms with Crippen LogP contribution < -0.4 is 10.1 Å². The van der Waals surface area contributed by atoms with Crippen LogP contribution in [0.2, 0.25) is 0 Å². The van der Waals surface area contributed by atoms with Crippen molar-refractivity contribution in [1.29, 1.82) is 5.26 Å². The molecule has 108 valence electrons. The van der Waals surface area contributed by atoms with Crippen molar-refractivity contribution in [1.82, 2.24) is 10.3 Å². The van der Waals surface area contributed by atoms with Crippen LogP contribution in [0.25, 0.3) is 0 Å². The Hall–Kier alpha value is -1.64. The topological polar surface area (TPSA) is 78.2 Å². The average molecular weight is 275 g/mol. The summed E-state index contributed by atoms with van der Waals surface area (Å²) >= 11 is 0. The molecule has 2 N–H and O–H groups in total. The molecule has 1 aromatic heterocycles. The summed E-state index contributed by atoms with van der Waals surface area (Å²) in [7, 11) is 0. The maximum Gasteiger partial charge on any atom is 0.232 e. The molecule has 0 amide bonds. The van der Waals surface area contributed by atoms with Crippen molar-refractivity contribution in [2.75, 3.05) is 13.2 Å². The molecule has 0 aromatic carbocycles. The summed E-state index contributed by atoms with van der Waals surface area (Å²) in [6.07, 6.45) is 4.14. The van der Waals surface area contributed by atoms with Gasteiger partial charge >= 0.3 is 0 Å². The summed E-state index contributed by atoms with van der Waals surface area (Å²) in [5, 5.41) is 22.2. The number of nitriles is 1. The summed E-state index contributed by atoms with van der Waals surface area (Å²) in [6.45, 7) is 4.64. The number of aromatic nitrogens is 1. The Labute approximate surface area is 119 Å². The average Bonchev–Trinajstić information content (AvgIpc) is 2.90. The minimum absolute atomic E-state index is 0.139. The number of nitrogens with one attached hydrogen (secondary N) is 1. The van der Waals surface area contributed by atoms with Crippen LogP contribution in [-0.2, 0) is 12.8 Å². The van der Waals surface area contributed by atoms with E-state index in [-0.39, 0.29) is 6.61 Å². The van der Waals surface area contributed by atoms with Crippen LogP contribution in [-0.4, -0.2) is 35.4 Å². The first kappa shape index (κ1) is 14.8. The molecule has 0 fully saturated rings. The molecule has 2 rings (SSSR count). The van der Waals surface area contributed by atoms with Crippen molar-refractivity contribution in [3.63, 3.8) is 0 Å². The molecule has 0 aliphatic heterocycles. The molecule has 1 aliphatic rings. The Morgan fingerprint density at radius 1 is 1.50 bits per heavy atom. The zero-order valence-corrected chi connectivity index (χ0v) is 12.0. The molecule has 0 saturated heterocycles. The SMILES string of the molecule is CC(C)NCC(O)COc1ncc2c(c1C#N)CCC2. The van der Waals surface area contributed by atoms with Crippen LogP contribution in [0.1, 0.15) is 37.0 Å². The van der Waals surface area contributed by atoms with Crippen LogP contribution >= 0.6 is 0 Å². The van der Waals surface area contributed by atoms with E-state index in [1.165, 1.54) is 0 Å². The van der Waals surface area contributed by atoms with Crippen LogP contribution in [0.15, 0.2) is 6.20 Å². The number of fused-ring (bicyclic) bond motifs is 1. The lowest BCUT2D eigenvalue weighted by Crippen LogP contribution is -2.35. The Kier molecular flexibility index (Phi) is 4.94. The van der Waals surface area contributed by atoms with Crippen LogP contribution in [0, 0.1) is 11.3 Å². The van der Waals surface area contributed by atoms with Crippen LogP contribution in [0.4, 0.5) is 0 Å².